The van der Waals surface area contributed by atoms with Gasteiger partial charge in [-0.05, 0) is 54.0 Å². The Hall–Kier alpha value is -2.62. The van der Waals surface area contributed by atoms with Gasteiger partial charge in [-0.25, -0.2) is 0 Å². The van der Waals surface area contributed by atoms with E-state index in [1.54, 1.807) is 4.90 Å². The highest BCUT2D eigenvalue weighted by Crippen LogP contribution is 2.34. The monoisotopic (exact) mass is 393 g/mol. The Morgan fingerprint density at radius 2 is 1.79 bits per heavy atom. The molecule has 29 heavy (non-hydrogen) atoms. The van der Waals surface area contributed by atoms with E-state index >= 15 is 0 Å². The van der Waals surface area contributed by atoms with E-state index < -0.39 is 5.92 Å². The molecule has 0 aromatic heterocycles. The first-order chi connectivity index (χ1) is 13.8. The third-order valence-electron chi connectivity index (χ3n) is 5.69. The van der Waals surface area contributed by atoms with Crippen molar-refractivity contribution in [1.82, 2.24) is 0 Å². The largest absolute Gasteiger partial charge is 0.426 e. The number of nitrogens with zero attached hydrogens (tertiary/aromatic N) is 1. The minimum absolute atomic E-state index is 0.00382. The Bertz CT molecular complexity index is 894. The first-order valence-electron chi connectivity index (χ1n) is 10.6. The summed E-state index contributed by atoms with van der Waals surface area (Å²) in [6, 6.07) is 12.1. The van der Waals surface area contributed by atoms with Gasteiger partial charge in [0.05, 0.1) is 5.92 Å². The summed E-state index contributed by atoms with van der Waals surface area (Å²) in [4.78, 5) is 27.6. The maximum absolute atomic E-state index is 12.9. The number of rotatable bonds is 6. The molecule has 1 atom stereocenters. The topological polar surface area (TPSA) is 46.6 Å². The van der Waals surface area contributed by atoms with Crippen LogP contribution in [0.1, 0.15) is 62.3 Å². The van der Waals surface area contributed by atoms with E-state index in [0.717, 1.165) is 40.8 Å². The number of benzene rings is 2. The highest BCUT2D eigenvalue weighted by molar-refractivity contribution is 6.01. The van der Waals surface area contributed by atoms with Crippen molar-refractivity contribution in [2.75, 3.05) is 11.4 Å². The van der Waals surface area contributed by atoms with Crippen LogP contribution in [0, 0.1) is 12.8 Å². The van der Waals surface area contributed by atoms with Gasteiger partial charge in [0, 0.05) is 18.7 Å². The SMILES string of the molecule is CCc1cccc(CC)c1N1C[C@H](C(=O)Oc2cc(C)ccc2C(C)C)CC1=O. The molecular formula is C25H31NO3. The summed E-state index contributed by atoms with van der Waals surface area (Å²) < 4.78 is 5.80. The highest BCUT2D eigenvalue weighted by atomic mass is 16.5. The summed E-state index contributed by atoms with van der Waals surface area (Å²) in [5, 5.41) is 0. The van der Waals surface area contributed by atoms with Gasteiger partial charge in [-0.2, -0.15) is 0 Å². The molecule has 0 spiro atoms. The average molecular weight is 394 g/mol. The molecule has 0 unspecified atom stereocenters. The molecule has 154 valence electrons. The quantitative estimate of drug-likeness (QED) is 0.500. The molecule has 1 amide bonds. The van der Waals surface area contributed by atoms with Crippen LogP contribution in [0.5, 0.6) is 5.75 Å². The zero-order valence-electron chi connectivity index (χ0n) is 18.1. The van der Waals surface area contributed by atoms with Crippen LogP contribution in [0.2, 0.25) is 0 Å². The number of amides is 1. The Morgan fingerprint density at radius 1 is 1.14 bits per heavy atom. The van der Waals surface area contributed by atoms with Crippen molar-refractivity contribution in [3.63, 3.8) is 0 Å². The molecule has 1 aliphatic rings. The molecule has 0 radical (unpaired) electrons. The van der Waals surface area contributed by atoms with Crippen LogP contribution in [-0.4, -0.2) is 18.4 Å². The van der Waals surface area contributed by atoms with Gasteiger partial charge in [-0.15, -0.1) is 0 Å². The predicted octanol–water partition coefficient (Wildman–Crippen LogP) is 5.20. The van der Waals surface area contributed by atoms with Gasteiger partial charge in [-0.1, -0.05) is 58.0 Å². The van der Waals surface area contributed by atoms with Gasteiger partial charge in [0.15, 0.2) is 0 Å². The predicted molar refractivity (Wildman–Crippen MR) is 117 cm³/mol. The molecule has 1 aliphatic heterocycles. The smallest absolute Gasteiger partial charge is 0.316 e. The summed E-state index contributed by atoms with van der Waals surface area (Å²) in [5.74, 6) is 0.0941. The summed E-state index contributed by atoms with van der Waals surface area (Å²) in [7, 11) is 0. The lowest BCUT2D eigenvalue weighted by atomic mass is 10.0. The molecule has 0 bridgehead atoms. The maximum Gasteiger partial charge on any atom is 0.316 e. The van der Waals surface area contributed by atoms with Crippen molar-refractivity contribution in [1.29, 1.82) is 0 Å². The van der Waals surface area contributed by atoms with Crippen LogP contribution in [0.15, 0.2) is 36.4 Å². The second kappa shape index (κ2) is 8.81. The number of ether oxygens (including phenoxy) is 1. The Kier molecular flexibility index (Phi) is 6.41. The minimum atomic E-state index is -0.447. The van der Waals surface area contributed by atoms with Crippen molar-refractivity contribution in [2.45, 2.75) is 59.8 Å². The van der Waals surface area contributed by atoms with Crippen LogP contribution in [-0.2, 0) is 22.4 Å². The number of carbonyl (C=O) groups is 2. The van der Waals surface area contributed by atoms with Crippen molar-refractivity contribution < 1.29 is 14.3 Å². The fourth-order valence-electron chi connectivity index (χ4n) is 4.04. The fourth-order valence-corrected chi connectivity index (χ4v) is 4.04. The number of anilines is 1. The molecular weight excluding hydrogens is 362 g/mol. The normalized spacial score (nSPS) is 16.6. The number of hydrogen-bond donors (Lipinski definition) is 0. The fraction of sp³-hybridized carbons (Fsp3) is 0.440. The lowest BCUT2D eigenvalue weighted by Gasteiger charge is -2.23. The number of para-hydroxylation sites is 1. The lowest BCUT2D eigenvalue weighted by molar-refractivity contribution is -0.139. The van der Waals surface area contributed by atoms with Gasteiger partial charge < -0.3 is 9.64 Å². The number of carbonyl (C=O) groups excluding carboxylic acids is 2. The van der Waals surface area contributed by atoms with Gasteiger partial charge in [-0.3, -0.25) is 9.59 Å². The summed E-state index contributed by atoms with van der Waals surface area (Å²) in [6.07, 6.45) is 1.90. The Labute approximate surface area is 173 Å². The van der Waals surface area contributed by atoms with Crippen LogP contribution in [0.3, 0.4) is 0 Å². The van der Waals surface area contributed by atoms with Crippen molar-refractivity contribution in [3.8, 4) is 5.75 Å². The molecule has 4 nitrogen and oxygen atoms in total. The first kappa shape index (κ1) is 21.1. The Balaban J connectivity index is 1.83. The molecule has 4 heteroatoms. The molecule has 1 saturated heterocycles. The van der Waals surface area contributed by atoms with Crippen molar-refractivity contribution in [2.24, 2.45) is 5.92 Å². The molecule has 1 heterocycles. The third kappa shape index (κ3) is 4.36. The second-order valence-electron chi connectivity index (χ2n) is 8.15. The van der Waals surface area contributed by atoms with Crippen LogP contribution in [0.4, 0.5) is 5.69 Å². The van der Waals surface area contributed by atoms with Gasteiger partial charge >= 0.3 is 5.97 Å². The second-order valence-corrected chi connectivity index (χ2v) is 8.15. The maximum atomic E-state index is 12.9. The summed E-state index contributed by atoms with van der Waals surface area (Å²) >= 11 is 0. The molecule has 3 rings (SSSR count). The van der Waals surface area contributed by atoms with Crippen LogP contribution < -0.4 is 9.64 Å². The number of aryl methyl sites for hydroxylation is 3. The molecule has 2 aromatic carbocycles. The number of esters is 1. The molecule has 0 saturated carbocycles. The highest BCUT2D eigenvalue weighted by Gasteiger charge is 2.38. The van der Waals surface area contributed by atoms with E-state index in [2.05, 4.69) is 39.8 Å². The third-order valence-corrected chi connectivity index (χ3v) is 5.69. The van der Waals surface area contributed by atoms with E-state index in [0.29, 0.717) is 12.3 Å². The molecule has 0 N–H and O–H groups in total. The zero-order valence-corrected chi connectivity index (χ0v) is 18.1. The zero-order chi connectivity index (χ0) is 21.1. The van der Waals surface area contributed by atoms with Crippen LogP contribution >= 0.6 is 0 Å². The summed E-state index contributed by atoms with van der Waals surface area (Å²) in [6.45, 7) is 10.7. The number of hydrogen-bond acceptors (Lipinski definition) is 3. The van der Waals surface area contributed by atoms with E-state index in [4.69, 9.17) is 4.74 Å². The van der Waals surface area contributed by atoms with E-state index in [9.17, 15) is 9.59 Å². The van der Waals surface area contributed by atoms with E-state index in [1.165, 1.54) is 0 Å². The van der Waals surface area contributed by atoms with Gasteiger partial charge in [0.1, 0.15) is 5.75 Å². The standard InChI is InChI=1S/C25H31NO3/c1-6-18-9-8-10-19(7-2)24(18)26-15-20(14-23(26)27)25(28)29-22-13-17(5)11-12-21(22)16(3)4/h8-13,16,20H,6-7,14-15H2,1-5H3/t20-/m1/s1. The van der Waals surface area contributed by atoms with Crippen LogP contribution in [0.25, 0.3) is 0 Å². The van der Waals surface area contributed by atoms with Crippen molar-refractivity contribution >= 4 is 17.6 Å². The molecule has 1 fully saturated rings. The summed E-state index contributed by atoms with van der Waals surface area (Å²) in [5.41, 5.74) is 5.33. The van der Waals surface area contributed by atoms with E-state index in [1.807, 2.05) is 31.2 Å². The lowest BCUT2D eigenvalue weighted by Crippen LogP contribution is -2.29. The molecule has 2 aromatic rings. The van der Waals surface area contributed by atoms with Gasteiger partial charge in [0.25, 0.3) is 0 Å². The van der Waals surface area contributed by atoms with Gasteiger partial charge in [0.2, 0.25) is 5.91 Å². The molecule has 0 aliphatic carbocycles. The minimum Gasteiger partial charge on any atom is -0.426 e. The van der Waals surface area contributed by atoms with Crippen molar-refractivity contribution in [3.05, 3.63) is 58.7 Å². The van der Waals surface area contributed by atoms with E-state index in [-0.39, 0.29) is 24.2 Å². The first-order valence-corrected chi connectivity index (χ1v) is 10.6. The average Bonchev–Trinajstić information content (AvgIpc) is 3.08. The Morgan fingerprint density at radius 3 is 2.38 bits per heavy atom.